The van der Waals surface area contributed by atoms with E-state index in [1.165, 1.54) is 8.61 Å². The predicted octanol–water partition coefficient (Wildman–Crippen LogP) is 1.54. The van der Waals surface area contributed by atoms with E-state index in [1.807, 2.05) is 18.7 Å². The summed E-state index contributed by atoms with van der Waals surface area (Å²) in [6, 6.07) is -0.115. The van der Waals surface area contributed by atoms with Crippen molar-refractivity contribution in [1.29, 1.82) is 0 Å². The number of piperidine rings is 1. The Balaban J connectivity index is 1.93. The van der Waals surface area contributed by atoms with Gasteiger partial charge in [0.2, 0.25) is 5.91 Å². The molecule has 2 aliphatic heterocycles. The van der Waals surface area contributed by atoms with Crippen LogP contribution >= 0.6 is 0 Å². The van der Waals surface area contributed by atoms with Gasteiger partial charge < -0.3 is 10.2 Å². The Hall–Kier alpha value is -1.78. The quantitative estimate of drug-likeness (QED) is 0.744. The summed E-state index contributed by atoms with van der Waals surface area (Å²) in [5, 5.41) is 3.12. The van der Waals surface area contributed by atoms with Gasteiger partial charge in [-0.1, -0.05) is 13.8 Å². The highest BCUT2D eigenvalue weighted by atomic mass is 32.2. The van der Waals surface area contributed by atoms with E-state index in [1.54, 1.807) is 14.0 Å². The minimum Gasteiger partial charge on any atom is -0.373 e. The lowest BCUT2D eigenvalue weighted by atomic mass is 10.00. The topological polar surface area (TPSA) is 98.7 Å². The first-order valence-corrected chi connectivity index (χ1v) is 11.8. The van der Waals surface area contributed by atoms with Gasteiger partial charge in [-0.25, -0.2) is 9.97 Å². The molecule has 0 spiro atoms. The molecule has 9 nitrogen and oxygen atoms in total. The second kappa shape index (κ2) is 8.93. The number of likely N-dealkylation sites (tertiary alicyclic amines) is 1. The second-order valence-corrected chi connectivity index (χ2v) is 9.43. The molecule has 0 aromatic carbocycles. The summed E-state index contributed by atoms with van der Waals surface area (Å²) in [7, 11) is -1.73. The van der Waals surface area contributed by atoms with Crippen LogP contribution < -0.4 is 5.32 Å². The van der Waals surface area contributed by atoms with Crippen LogP contribution in [0.15, 0.2) is 0 Å². The smallest absolute Gasteiger partial charge is 0.282 e. The largest absolute Gasteiger partial charge is 0.373 e. The first kappa shape index (κ1) is 21.9. The fraction of sp³-hybridized carbons (Fsp3) is 0.737. The maximum atomic E-state index is 12.9. The molecular weight excluding hydrogens is 392 g/mol. The van der Waals surface area contributed by atoms with Gasteiger partial charge in [0.15, 0.2) is 5.82 Å². The zero-order valence-electron chi connectivity index (χ0n) is 17.8. The Bertz CT molecular complexity index is 838. The van der Waals surface area contributed by atoms with E-state index < -0.39 is 10.2 Å². The zero-order valence-corrected chi connectivity index (χ0v) is 18.6. The summed E-state index contributed by atoms with van der Waals surface area (Å²) in [5.41, 5.74) is 1.70. The first-order valence-electron chi connectivity index (χ1n) is 10.4. The van der Waals surface area contributed by atoms with Gasteiger partial charge in [0.1, 0.15) is 5.82 Å². The van der Waals surface area contributed by atoms with Gasteiger partial charge >= 0.3 is 0 Å². The maximum absolute atomic E-state index is 12.9. The van der Waals surface area contributed by atoms with E-state index in [-0.39, 0.29) is 18.5 Å². The fourth-order valence-electron chi connectivity index (χ4n) is 4.25. The van der Waals surface area contributed by atoms with Crippen LogP contribution in [0.4, 0.5) is 5.82 Å². The van der Waals surface area contributed by atoms with Gasteiger partial charge in [-0.2, -0.15) is 17.0 Å². The summed E-state index contributed by atoms with van der Waals surface area (Å²) in [4.78, 5) is 23.4. The van der Waals surface area contributed by atoms with Gasteiger partial charge in [0.25, 0.3) is 10.2 Å². The van der Waals surface area contributed by atoms with Crippen LogP contribution in [0, 0.1) is 0 Å². The van der Waals surface area contributed by atoms with Crippen LogP contribution in [-0.4, -0.2) is 71.0 Å². The Morgan fingerprint density at radius 1 is 1.21 bits per heavy atom. The summed E-state index contributed by atoms with van der Waals surface area (Å²) in [6.07, 6.45) is 3.43. The Kier molecular flexibility index (Phi) is 6.75. The van der Waals surface area contributed by atoms with Crippen LogP contribution in [0.25, 0.3) is 0 Å². The van der Waals surface area contributed by atoms with E-state index >= 15 is 0 Å². The van der Waals surface area contributed by atoms with Crippen LogP contribution in [0.5, 0.6) is 0 Å². The van der Waals surface area contributed by atoms with E-state index in [2.05, 4.69) is 5.32 Å². The molecule has 0 saturated carbocycles. The molecule has 3 rings (SSSR count). The Labute approximate surface area is 173 Å². The number of fused-ring (bicyclic) bond motifs is 1. The van der Waals surface area contributed by atoms with Crippen molar-refractivity contribution < 1.29 is 13.2 Å². The molecule has 162 valence electrons. The number of carbonyl (C=O) groups is 1. The SMILES string of the molecule is CCN(CC)S(=O)(=O)N1CCc2nc([C@@H]3CCCCN3C(C)=O)nc(NC)c2C1. The third kappa shape index (κ3) is 4.24. The van der Waals surface area contributed by atoms with Crippen LogP contribution in [0.2, 0.25) is 0 Å². The van der Waals surface area contributed by atoms with Crippen LogP contribution in [-0.2, 0) is 28.0 Å². The highest BCUT2D eigenvalue weighted by molar-refractivity contribution is 7.86. The van der Waals surface area contributed by atoms with Crippen molar-refractivity contribution in [3.05, 3.63) is 17.1 Å². The van der Waals surface area contributed by atoms with Gasteiger partial charge in [-0.15, -0.1) is 0 Å². The highest BCUT2D eigenvalue weighted by Gasteiger charge is 2.35. The number of anilines is 1. The summed E-state index contributed by atoms with van der Waals surface area (Å²) >= 11 is 0. The molecule has 2 aliphatic rings. The molecule has 0 aliphatic carbocycles. The summed E-state index contributed by atoms with van der Waals surface area (Å²) < 4.78 is 28.9. The number of hydrogen-bond donors (Lipinski definition) is 1. The van der Waals surface area contributed by atoms with Crippen molar-refractivity contribution in [2.75, 3.05) is 38.5 Å². The average molecular weight is 425 g/mol. The van der Waals surface area contributed by atoms with Crippen molar-refractivity contribution >= 4 is 21.9 Å². The van der Waals surface area contributed by atoms with E-state index in [9.17, 15) is 13.2 Å². The molecule has 1 atom stereocenters. The predicted molar refractivity (Wildman–Crippen MR) is 112 cm³/mol. The van der Waals surface area contributed by atoms with Crippen molar-refractivity contribution in [3.8, 4) is 0 Å². The number of carbonyl (C=O) groups excluding carboxylic acids is 1. The van der Waals surface area contributed by atoms with E-state index in [0.717, 1.165) is 37.1 Å². The van der Waals surface area contributed by atoms with Crippen molar-refractivity contribution in [2.24, 2.45) is 0 Å². The Morgan fingerprint density at radius 2 is 1.93 bits per heavy atom. The van der Waals surface area contributed by atoms with Crippen LogP contribution in [0.3, 0.4) is 0 Å². The minimum atomic E-state index is -3.51. The molecular formula is C19H32N6O3S. The molecule has 29 heavy (non-hydrogen) atoms. The standard InChI is InChI=1S/C19H32N6O3S/c1-5-23(6-2)29(27,28)24-12-10-16-15(13-24)18(20-4)22-19(21-16)17-9-7-8-11-25(17)14(3)26/h17H,5-13H2,1-4H3,(H,20,21,22)/t17-/m0/s1. The number of aromatic nitrogens is 2. The molecule has 0 unspecified atom stereocenters. The first-order chi connectivity index (χ1) is 13.8. The third-order valence-electron chi connectivity index (χ3n) is 5.84. The number of amides is 1. The third-order valence-corrected chi connectivity index (χ3v) is 7.98. The molecule has 1 aromatic heterocycles. The van der Waals surface area contributed by atoms with E-state index in [0.29, 0.717) is 37.7 Å². The lowest BCUT2D eigenvalue weighted by Crippen LogP contribution is -2.46. The normalized spacial score (nSPS) is 20.6. The number of nitrogens with one attached hydrogen (secondary N) is 1. The molecule has 0 radical (unpaired) electrons. The molecule has 1 N–H and O–H groups in total. The lowest BCUT2D eigenvalue weighted by molar-refractivity contribution is -0.132. The molecule has 10 heteroatoms. The van der Waals surface area contributed by atoms with Gasteiger partial charge in [-0.3, -0.25) is 4.79 Å². The fourth-order valence-corrected chi connectivity index (χ4v) is 5.84. The number of rotatable bonds is 6. The monoisotopic (exact) mass is 424 g/mol. The lowest BCUT2D eigenvalue weighted by Gasteiger charge is -2.36. The number of hydrogen-bond acceptors (Lipinski definition) is 6. The molecule has 1 saturated heterocycles. The van der Waals surface area contributed by atoms with Crippen molar-refractivity contribution in [3.63, 3.8) is 0 Å². The van der Waals surface area contributed by atoms with Gasteiger partial charge in [-0.05, 0) is 19.3 Å². The Morgan fingerprint density at radius 3 is 2.55 bits per heavy atom. The zero-order chi connectivity index (χ0) is 21.2. The van der Waals surface area contributed by atoms with Crippen molar-refractivity contribution in [1.82, 2.24) is 23.5 Å². The molecule has 3 heterocycles. The summed E-state index contributed by atoms with van der Waals surface area (Å²) in [6.45, 7) is 7.55. The molecule has 1 aromatic rings. The minimum absolute atomic E-state index is 0.0403. The number of nitrogens with zero attached hydrogens (tertiary/aromatic N) is 5. The van der Waals surface area contributed by atoms with Gasteiger partial charge in [0, 0.05) is 58.7 Å². The van der Waals surface area contributed by atoms with Crippen LogP contribution in [0.1, 0.15) is 63.2 Å². The summed E-state index contributed by atoms with van der Waals surface area (Å²) in [5.74, 6) is 1.35. The van der Waals surface area contributed by atoms with Crippen molar-refractivity contribution in [2.45, 2.75) is 59.0 Å². The average Bonchev–Trinajstić information content (AvgIpc) is 2.73. The highest BCUT2D eigenvalue weighted by Crippen LogP contribution is 2.33. The second-order valence-electron chi connectivity index (χ2n) is 7.51. The molecule has 1 fully saturated rings. The van der Waals surface area contributed by atoms with Gasteiger partial charge in [0.05, 0.1) is 11.7 Å². The maximum Gasteiger partial charge on any atom is 0.282 e. The van der Waals surface area contributed by atoms with E-state index in [4.69, 9.17) is 9.97 Å². The molecule has 1 amide bonds. The molecule has 0 bridgehead atoms.